The van der Waals surface area contributed by atoms with Gasteiger partial charge in [-0.3, -0.25) is 11.3 Å². The molecule has 110 valence electrons. The summed E-state index contributed by atoms with van der Waals surface area (Å²) >= 11 is 5.83. The number of hydrogen-bond acceptors (Lipinski definition) is 3. The van der Waals surface area contributed by atoms with E-state index in [1.807, 2.05) is 18.2 Å². The largest absolute Gasteiger partial charge is 0.493 e. The minimum absolute atomic E-state index is 0.00446. The van der Waals surface area contributed by atoms with Crippen LogP contribution in [-0.4, -0.2) is 12.6 Å². The predicted molar refractivity (Wildman–Crippen MR) is 80.9 cm³/mol. The van der Waals surface area contributed by atoms with Crippen molar-refractivity contribution in [3.8, 4) is 5.75 Å². The molecule has 0 radical (unpaired) electrons. The summed E-state index contributed by atoms with van der Waals surface area (Å²) < 4.78 is 18.9. The molecule has 1 aliphatic heterocycles. The molecule has 2 aromatic carbocycles. The lowest BCUT2D eigenvalue weighted by Crippen LogP contribution is -2.42. The van der Waals surface area contributed by atoms with Gasteiger partial charge in [-0.15, -0.1) is 0 Å². The second-order valence-corrected chi connectivity index (χ2v) is 5.59. The fourth-order valence-corrected chi connectivity index (χ4v) is 2.96. The number of ether oxygens (including phenoxy) is 1. The van der Waals surface area contributed by atoms with Crippen LogP contribution in [0.2, 0.25) is 5.02 Å². The first-order valence-electron chi connectivity index (χ1n) is 6.81. The van der Waals surface area contributed by atoms with Gasteiger partial charge in [0.15, 0.2) is 0 Å². The van der Waals surface area contributed by atoms with E-state index in [0.717, 1.165) is 16.9 Å². The van der Waals surface area contributed by atoms with Crippen LogP contribution in [0.5, 0.6) is 5.75 Å². The summed E-state index contributed by atoms with van der Waals surface area (Å²) in [5, 5.41) is 0.131. The van der Waals surface area contributed by atoms with Crippen molar-refractivity contribution in [1.29, 1.82) is 0 Å². The molecule has 0 fully saturated rings. The maximum absolute atomic E-state index is 13.2. The molecule has 5 heteroatoms. The van der Waals surface area contributed by atoms with Crippen LogP contribution in [0.4, 0.5) is 4.39 Å². The van der Waals surface area contributed by atoms with Crippen LogP contribution in [0.3, 0.4) is 0 Å². The van der Waals surface area contributed by atoms with Crippen molar-refractivity contribution in [2.24, 2.45) is 5.84 Å². The third kappa shape index (κ3) is 2.88. The highest BCUT2D eigenvalue weighted by Crippen LogP contribution is 2.36. The van der Waals surface area contributed by atoms with Crippen molar-refractivity contribution in [2.75, 3.05) is 6.61 Å². The molecule has 0 amide bonds. The van der Waals surface area contributed by atoms with Crippen LogP contribution in [0.25, 0.3) is 0 Å². The lowest BCUT2D eigenvalue weighted by molar-refractivity contribution is 0.297. The zero-order valence-electron chi connectivity index (χ0n) is 11.4. The lowest BCUT2D eigenvalue weighted by Gasteiger charge is -2.22. The van der Waals surface area contributed by atoms with Gasteiger partial charge in [-0.05, 0) is 30.2 Å². The van der Waals surface area contributed by atoms with Crippen LogP contribution in [0.1, 0.15) is 17.0 Å². The summed E-state index contributed by atoms with van der Waals surface area (Å²) in [5.41, 5.74) is 4.94. The first kappa shape index (κ1) is 14.3. The van der Waals surface area contributed by atoms with Crippen molar-refractivity contribution in [1.82, 2.24) is 5.43 Å². The van der Waals surface area contributed by atoms with Crippen molar-refractivity contribution < 1.29 is 9.13 Å². The second-order valence-electron chi connectivity index (χ2n) is 5.18. The number of fused-ring (bicyclic) bond motifs is 1. The Balaban J connectivity index is 1.81. The van der Waals surface area contributed by atoms with E-state index in [2.05, 4.69) is 11.5 Å². The van der Waals surface area contributed by atoms with E-state index < -0.39 is 5.82 Å². The second kappa shape index (κ2) is 6.02. The fourth-order valence-electron chi connectivity index (χ4n) is 2.76. The standard InChI is InChI=1S/C16H16ClFN2O/c17-13-7-10(5-6-14(13)18)8-15(20-19)12-9-21-16-4-2-1-3-11(12)16/h1-7,12,15,20H,8-9,19H2. The molecule has 3 nitrogen and oxygen atoms in total. The molecule has 0 aromatic heterocycles. The first-order valence-corrected chi connectivity index (χ1v) is 7.18. The lowest BCUT2D eigenvalue weighted by atomic mass is 9.89. The van der Waals surface area contributed by atoms with Gasteiger partial charge in [0.2, 0.25) is 0 Å². The summed E-state index contributed by atoms with van der Waals surface area (Å²) in [6.45, 7) is 0.586. The number of para-hydroxylation sites is 1. The molecule has 0 bridgehead atoms. The van der Waals surface area contributed by atoms with E-state index >= 15 is 0 Å². The molecule has 1 heterocycles. The maximum atomic E-state index is 13.2. The van der Waals surface area contributed by atoms with E-state index in [0.29, 0.717) is 13.0 Å². The molecular formula is C16H16ClFN2O. The molecule has 0 spiro atoms. The van der Waals surface area contributed by atoms with Crippen molar-refractivity contribution >= 4 is 11.6 Å². The molecule has 0 saturated carbocycles. The number of hydrazine groups is 1. The number of hydrogen-bond donors (Lipinski definition) is 2. The Hall–Kier alpha value is -1.62. The summed E-state index contributed by atoms with van der Waals surface area (Å²) in [4.78, 5) is 0. The van der Waals surface area contributed by atoms with Crippen LogP contribution in [0, 0.1) is 5.82 Å². The minimum Gasteiger partial charge on any atom is -0.493 e. The van der Waals surface area contributed by atoms with Gasteiger partial charge < -0.3 is 4.74 Å². The molecule has 2 unspecified atom stereocenters. The van der Waals surface area contributed by atoms with Gasteiger partial charge in [-0.2, -0.15) is 0 Å². The summed E-state index contributed by atoms with van der Waals surface area (Å²) in [6.07, 6.45) is 0.652. The normalized spacial score (nSPS) is 18.1. The number of rotatable bonds is 4. The van der Waals surface area contributed by atoms with E-state index in [-0.39, 0.29) is 17.0 Å². The van der Waals surface area contributed by atoms with Crippen LogP contribution >= 0.6 is 11.6 Å². The van der Waals surface area contributed by atoms with Crippen molar-refractivity contribution in [3.05, 3.63) is 64.4 Å². The maximum Gasteiger partial charge on any atom is 0.141 e. The average molecular weight is 307 g/mol. The van der Waals surface area contributed by atoms with Crippen LogP contribution in [-0.2, 0) is 6.42 Å². The summed E-state index contributed by atoms with van der Waals surface area (Å²) in [6, 6.07) is 12.7. The summed E-state index contributed by atoms with van der Waals surface area (Å²) in [7, 11) is 0. The zero-order chi connectivity index (χ0) is 14.8. The number of nitrogens with two attached hydrogens (primary N) is 1. The summed E-state index contributed by atoms with van der Waals surface area (Å²) in [5.74, 6) is 6.37. The highest BCUT2D eigenvalue weighted by Gasteiger charge is 2.30. The van der Waals surface area contributed by atoms with Crippen LogP contribution < -0.4 is 16.0 Å². The highest BCUT2D eigenvalue weighted by molar-refractivity contribution is 6.30. The molecule has 1 aliphatic rings. The Morgan fingerprint density at radius 1 is 1.33 bits per heavy atom. The number of halogens is 2. The Morgan fingerprint density at radius 2 is 2.14 bits per heavy atom. The van der Waals surface area contributed by atoms with Crippen molar-refractivity contribution in [2.45, 2.75) is 18.4 Å². The highest BCUT2D eigenvalue weighted by atomic mass is 35.5. The SMILES string of the molecule is NNC(Cc1ccc(F)c(Cl)c1)C1COc2ccccc21. The molecule has 3 rings (SSSR count). The molecule has 2 atom stereocenters. The van der Waals surface area contributed by atoms with Gasteiger partial charge in [0.05, 0.1) is 11.6 Å². The quantitative estimate of drug-likeness (QED) is 0.674. The van der Waals surface area contributed by atoms with Crippen molar-refractivity contribution in [3.63, 3.8) is 0 Å². The first-order chi connectivity index (χ1) is 10.2. The predicted octanol–water partition coefficient (Wildman–Crippen LogP) is 3.03. The molecule has 0 saturated heterocycles. The Bertz CT molecular complexity index is 650. The number of benzene rings is 2. The Labute approximate surface area is 127 Å². The zero-order valence-corrected chi connectivity index (χ0v) is 12.1. The van der Waals surface area contributed by atoms with Crippen LogP contribution in [0.15, 0.2) is 42.5 Å². The Kier molecular flexibility index (Phi) is 4.10. The smallest absolute Gasteiger partial charge is 0.141 e. The molecule has 3 N–H and O–H groups in total. The topological polar surface area (TPSA) is 47.3 Å². The van der Waals surface area contributed by atoms with Gasteiger partial charge in [0.1, 0.15) is 11.6 Å². The Morgan fingerprint density at radius 3 is 2.90 bits per heavy atom. The molecular weight excluding hydrogens is 291 g/mol. The molecule has 2 aromatic rings. The molecule has 0 aliphatic carbocycles. The van der Waals surface area contributed by atoms with E-state index in [1.165, 1.54) is 6.07 Å². The van der Waals surface area contributed by atoms with E-state index in [4.69, 9.17) is 22.2 Å². The van der Waals surface area contributed by atoms with E-state index in [9.17, 15) is 4.39 Å². The van der Waals surface area contributed by atoms with Gasteiger partial charge in [0, 0.05) is 17.5 Å². The molecule has 21 heavy (non-hydrogen) atoms. The van der Waals surface area contributed by atoms with Gasteiger partial charge >= 0.3 is 0 Å². The monoisotopic (exact) mass is 306 g/mol. The van der Waals surface area contributed by atoms with Gasteiger partial charge in [-0.1, -0.05) is 35.9 Å². The average Bonchev–Trinajstić information content (AvgIpc) is 2.92. The fraction of sp³-hybridized carbons (Fsp3) is 0.250. The van der Waals surface area contributed by atoms with Gasteiger partial charge in [0.25, 0.3) is 0 Å². The van der Waals surface area contributed by atoms with Gasteiger partial charge in [-0.25, -0.2) is 4.39 Å². The minimum atomic E-state index is -0.410. The third-order valence-electron chi connectivity index (χ3n) is 3.88. The third-order valence-corrected chi connectivity index (χ3v) is 4.17. The number of nitrogens with one attached hydrogen (secondary N) is 1. The van der Waals surface area contributed by atoms with E-state index in [1.54, 1.807) is 12.1 Å².